The Morgan fingerprint density at radius 3 is 2.71 bits per heavy atom. The first-order valence-corrected chi connectivity index (χ1v) is 8.57. The first kappa shape index (κ1) is 15.1. The molecule has 1 aliphatic heterocycles. The van der Waals surface area contributed by atoms with Crippen LogP contribution in [0.5, 0.6) is 0 Å². The lowest BCUT2D eigenvalue weighted by Gasteiger charge is -2.29. The van der Waals surface area contributed by atoms with Crippen molar-refractivity contribution in [1.82, 2.24) is 19.9 Å². The van der Waals surface area contributed by atoms with Crippen LogP contribution in [0, 0.1) is 5.92 Å². The Morgan fingerprint density at radius 1 is 1.12 bits per heavy atom. The Labute approximate surface area is 138 Å². The van der Waals surface area contributed by atoms with E-state index in [2.05, 4.69) is 15.0 Å². The molecule has 7 nitrogen and oxygen atoms in total. The first-order chi connectivity index (χ1) is 11.6. The zero-order chi connectivity index (χ0) is 16.7. The van der Waals surface area contributed by atoms with Gasteiger partial charge in [0.05, 0.1) is 10.9 Å². The fourth-order valence-corrected chi connectivity index (χ4v) is 4.21. The molecule has 0 radical (unpaired) electrons. The van der Waals surface area contributed by atoms with E-state index < -0.39 is 11.2 Å². The van der Waals surface area contributed by atoms with Gasteiger partial charge in [0.25, 0.3) is 11.5 Å². The molecule has 1 atom stereocenters. The third kappa shape index (κ3) is 2.53. The van der Waals surface area contributed by atoms with Gasteiger partial charge in [-0.2, -0.15) is 0 Å². The van der Waals surface area contributed by atoms with Gasteiger partial charge >= 0.3 is 5.69 Å². The molecular formula is C17H20N4O3. The largest absolute Gasteiger partial charge is 0.335 e. The highest BCUT2D eigenvalue weighted by atomic mass is 16.2. The SMILES string of the molecule is O=C(c1cnc2[nH]c(=O)[nH]c(=O)c2c1)N1CCCC1C1CCCC1. The zero-order valence-corrected chi connectivity index (χ0v) is 13.4. The number of amides is 1. The van der Waals surface area contributed by atoms with Gasteiger partial charge in [-0.3, -0.25) is 19.6 Å². The van der Waals surface area contributed by atoms with Crippen molar-refractivity contribution in [1.29, 1.82) is 0 Å². The third-order valence-corrected chi connectivity index (χ3v) is 5.34. The van der Waals surface area contributed by atoms with Gasteiger partial charge in [0.2, 0.25) is 0 Å². The number of H-pyrrole nitrogens is 2. The van der Waals surface area contributed by atoms with E-state index in [0.717, 1.165) is 19.4 Å². The molecule has 24 heavy (non-hydrogen) atoms. The van der Waals surface area contributed by atoms with Crippen molar-refractivity contribution in [3.8, 4) is 0 Å². The molecule has 7 heteroatoms. The van der Waals surface area contributed by atoms with E-state index in [1.54, 1.807) is 0 Å². The molecule has 2 N–H and O–H groups in total. The molecule has 0 bridgehead atoms. The monoisotopic (exact) mass is 328 g/mol. The summed E-state index contributed by atoms with van der Waals surface area (Å²) in [6.07, 6.45) is 8.45. The molecule has 2 aromatic heterocycles. The predicted octanol–water partition coefficient (Wildman–Crippen LogP) is 1.41. The summed E-state index contributed by atoms with van der Waals surface area (Å²) in [4.78, 5) is 46.9. The van der Waals surface area contributed by atoms with E-state index in [0.29, 0.717) is 17.5 Å². The van der Waals surface area contributed by atoms with Gasteiger partial charge < -0.3 is 4.90 Å². The maximum absolute atomic E-state index is 12.9. The average Bonchev–Trinajstić information content (AvgIpc) is 3.24. The van der Waals surface area contributed by atoms with Crippen molar-refractivity contribution >= 4 is 16.9 Å². The van der Waals surface area contributed by atoms with Gasteiger partial charge in [0.1, 0.15) is 5.65 Å². The molecule has 126 valence electrons. The number of aromatic nitrogens is 3. The lowest BCUT2D eigenvalue weighted by Crippen LogP contribution is -2.39. The van der Waals surface area contributed by atoms with Crippen LogP contribution >= 0.6 is 0 Å². The normalized spacial score (nSPS) is 21.7. The third-order valence-electron chi connectivity index (χ3n) is 5.34. The lowest BCUT2D eigenvalue weighted by atomic mass is 9.95. The van der Waals surface area contributed by atoms with Crippen LogP contribution in [0.15, 0.2) is 21.9 Å². The lowest BCUT2D eigenvalue weighted by molar-refractivity contribution is 0.0689. The van der Waals surface area contributed by atoms with Gasteiger partial charge in [0.15, 0.2) is 0 Å². The number of hydrogen-bond donors (Lipinski definition) is 2. The van der Waals surface area contributed by atoms with E-state index in [-0.39, 0.29) is 16.9 Å². The number of carbonyl (C=O) groups excluding carboxylic acids is 1. The molecule has 1 saturated heterocycles. The standard InChI is InChI=1S/C17H20N4O3/c22-15-12-8-11(9-18-14(12)19-17(24)20-15)16(23)21-7-3-6-13(21)10-4-1-2-5-10/h8-10,13H,1-7H2,(H2,18,19,20,22,24). The summed E-state index contributed by atoms with van der Waals surface area (Å²) < 4.78 is 0. The van der Waals surface area contributed by atoms with Crippen molar-refractivity contribution < 1.29 is 4.79 Å². The minimum Gasteiger partial charge on any atom is -0.335 e. The van der Waals surface area contributed by atoms with Crippen LogP contribution in [0.1, 0.15) is 48.9 Å². The van der Waals surface area contributed by atoms with Crippen molar-refractivity contribution in [3.05, 3.63) is 38.7 Å². The molecule has 4 rings (SSSR count). The Bertz CT molecular complexity index is 895. The number of pyridine rings is 1. The second kappa shape index (κ2) is 5.89. The van der Waals surface area contributed by atoms with E-state index in [9.17, 15) is 14.4 Å². The molecule has 2 fully saturated rings. The van der Waals surface area contributed by atoms with Crippen LogP contribution < -0.4 is 11.2 Å². The summed E-state index contributed by atoms with van der Waals surface area (Å²) in [5, 5.41) is 0.233. The maximum Gasteiger partial charge on any atom is 0.327 e. The van der Waals surface area contributed by atoms with E-state index in [1.165, 1.54) is 37.9 Å². The molecule has 1 unspecified atom stereocenters. The number of carbonyl (C=O) groups is 1. The quantitative estimate of drug-likeness (QED) is 0.870. The van der Waals surface area contributed by atoms with Crippen LogP contribution in [0.2, 0.25) is 0 Å². The number of nitrogens with zero attached hydrogens (tertiary/aromatic N) is 2. The van der Waals surface area contributed by atoms with Gasteiger partial charge in [-0.15, -0.1) is 0 Å². The summed E-state index contributed by atoms with van der Waals surface area (Å²) in [5.74, 6) is 0.536. The van der Waals surface area contributed by atoms with Gasteiger partial charge in [-0.25, -0.2) is 9.78 Å². The van der Waals surface area contributed by atoms with Crippen LogP contribution in [-0.2, 0) is 0 Å². The number of fused-ring (bicyclic) bond motifs is 1. The van der Waals surface area contributed by atoms with Gasteiger partial charge in [-0.05, 0) is 37.7 Å². The number of nitrogens with one attached hydrogen (secondary N) is 2. The smallest absolute Gasteiger partial charge is 0.327 e. The minimum atomic E-state index is -0.597. The highest BCUT2D eigenvalue weighted by Crippen LogP contribution is 2.36. The van der Waals surface area contributed by atoms with Crippen LogP contribution in [0.25, 0.3) is 11.0 Å². The van der Waals surface area contributed by atoms with Gasteiger partial charge in [-0.1, -0.05) is 12.8 Å². The summed E-state index contributed by atoms with van der Waals surface area (Å²) in [5.41, 5.74) is -0.511. The minimum absolute atomic E-state index is 0.0654. The molecule has 1 saturated carbocycles. The molecule has 0 aromatic carbocycles. The van der Waals surface area contributed by atoms with E-state index in [1.807, 2.05) is 4.90 Å². The fraction of sp³-hybridized carbons (Fsp3) is 0.529. The summed E-state index contributed by atoms with van der Waals surface area (Å²) >= 11 is 0. The Morgan fingerprint density at radius 2 is 1.92 bits per heavy atom. The molecular weight excluding hydrogens is 308 g/mol. The molecule has 0 spiro atoms. The van der Waals surface area contributed by atoms with Crippen LogP contribution in [0.4, 0.5) is 0 Å². The zero-order valence-electron chi connectivity index (χ0n) is 13.4. The maximum atomic E-state index is 12.9. The first-order valence-electron chi connectivity index (χ1n) is 8.57. The molecule has 2 aliphatic rings. The summed E-state index contributed by atoms with van der Waals surface area (Å²) in [6.45, 7) is 0.764. The predicted molar refractivity (Wildman–Crippen MR) is 89.0 cm³/mol. The Hall–Kier alpha value is -2.44. The second-order valence-corrected chi connectivity index (χ2v) is 6.78. The Balaban J connectivity index is 1.67. The average molecular weight is 328 g/mol. The van der Waals surface area contributed by atoms with Crippen molar-refractivity contribution in [2.75, 3.05) is 6.54 Å². The molecule has 3 heterocycles. The molecule has 2 aromatic rings. The van der Waals surface area contributed by atoms with Crippen molar-refractivity contribution in [2.24, 2.45) is 5.92 Å². The summed E-state index contributed by atoms with van der Waals surface area (Å²) in [7, 11) is 0. The van der Waals surface area contributed by atoms with Crippen LogP contribution in [-0.4, -0.2) is 38.3 Å². The van der Waals surface area contributed by atoms with Crippen molar-refractivity contribution in [3.63, 3.8) is 0 Å². The number of rotatable bonds is 2. The van der Waals surface area contributed by atoms with Crippen LogP contribution in [0.3, 0.4) is 0 Å². The fourth-order valence-electron chi connectivity index (χ4n) is 4.21. The number of hydrogen-bond acceptors (Lipinski definition) is 4. The number of likely N-dealkylation sites (tertiary alicyclic amines) is 1. The summed E-state index contributed by atoms with van der Waals surface area (Å²) in [6, 6.07) is 1.84. The Kier molecular flexibility index (Phi) is 3.70. The number of aromatic amines is 2. The van der Waals surface area contributed by atoms with Gasteiger partial charge in [0, 0.05) is 18.8 Å². The van der Waals surface area contributed by atoms with Crippen molar-refractivity contribution in [2.45, 2.75) is 44.6 Å². The topological polar surface area (TPSA) is 98.9 Å². The molecule has 1 amide bonds. The highest BCUT2D eigenvalue weighted by Gasteiger charge is 2.36. The van der Waals surface area contributed by atoms with E-state index >= 15 is 0 Å². The second-order valence-electron chi connectivity index (χ2n) is 6.78. The molecule has 1 aliphatic carbocycles. The van der Waals surface area contributed by atoms with E-state index in [4.69, 9.17) is 0 Å². The highest BCUT2D eigenvalue weighted by molar-refractivity contribution is 5.97.